The van der Waals surface area contributed by atoms with Gasteiger partial charge in [0.25, 0.3) is 0 Å². The van der Waals surface area contributed by atoms with Crippen molar-refractivity contribution in [3.8, 4) is 5.75 Å². The van der Waals surface area contributed by atoms with E-state index >= 15 is 0 Å². The largest absolute Gasteiger partial charge is 0.493 e. The number of nitrogens with one attached hydrogen (secondary N) is 1. The van der Waals surface area contributed by atoms with E-state index in [1.165, 1.54) is 19.3 Å². The summed E-state index contributed by atoms with van der Waals surface area (Å²) in [6.07, 6.45) is -3.53. The van der Waals surface area contributed by atoms with Crippen LogP contribution in [0.3, 0.4) is 0 Å². The lowest BCUT2D eigenvalue weighted by Gasteiger charge is -2.32. The van der Waals surface area contributed by atoms with Crippen molar-refractivity contribution in [3.05, 3.63) is 63.7 Å². The predicted molar refractivity (Wildman–Crippen MR) is 103 cm³/mol. The minimum atomic E-state index is -4.79. The molecule has 0 aliphatic carbocycles. The molecule has 1 saturated heterocycles. The molecule has 0 unspecified atom stereocenters. The first-order chi connectivity index (χ1) is 15.0. The molecule has 0 bridgehead atoms. The van der Waals surface area contributed by atoms with Crippen LogP contribution < -0.4 is 10.2 Å². The molecule has 3 heterocycles. The molecule has 0 saturated carbocycles. The molecule has 3 aromatic rings. The highest BCUT2D eigenvalue weighted by molar-refractivity contribution is 5.69. The number of halogens is 5. The van der Waals surface area contributed by atoms with Gasteiger partial charge in [-0.2, -0.15) is 17.6 Å². The molecule has 0 spiro atoms. The third kappa shape index (κ3) is 3.22. The van der Waals surface area contributed by atoms with Crippen molar-refractivity contribution in [1.82, 2.24) is 15.0 Å². The molecule has 4 atom stereocenters. The molecule has 0 amide bonds. The molecule has 4 rings (SSSR count). The summed E-state index contributed by atoms with van der Waals surface area (Å²) in [6.45, 7) is 2.19. The Bertz CT molecular complexity index is 1250. The number of nitrogens with zero attached hydrogens (tertiary/aromatic N) is 2. The molecule has 170 valence electrons. The van der Waals surface area contributed by atoms with Gasteiger partial charge in [0, 0.05) is 35.9 Å². The number of rotatable bonds is 3. The van der Waals surface area contributed by atoms with E-state index in [-0.39, 0.29) is 22.4 Å². The van der Waals surface area contributed by atoms with Crippen LogP contribution in [-0.4, -0.2) is 33.8 Å². The quantitative estimate of drug-likeness (QED) is 0.592. The maximum atomic E-state index is 14.4. The molecule has 11 heteroatoms. The van der Waals surface area contributed by atoms with E-state index < -0.39 is 52.5 Å². The van der Waals surface area contributed by atoms with Gasteiger partial charge < -0.3 is 14.5 Å². The number of methoxy groups -OCH3 is 1. The number of fused-ring (bicyclic) bond motifs is 1. The van der Waals surface area contributed by atoms with Gasteiger partial charge in [-0.3, -0.25) is 4.79 Å². The molecule has 0 radical (unpaired) electrons. The molecular formula is C21H18F5N3O3. The third-order valence-corrected chi connectivity index (χ3v) is 6.10. The van der Waals surface area contributed by atoms with Crippen LogP contribution in [0.5, 0.6) is 5.75 Å². The summed E-state index contributed by atoms with van der Waals surface area (Å²) in [6, 6.07) is 3.06. The van der Waals surface area contributed by atoms with E-state index in [2.05, 4.69) is 15.0 Å². The number of ether oxygens (including phenoxy) is 2. The molecule has 1 aromatic carbocycles. The minimum absolute atomic E-state index is 0.000360. The summed E-state index contributed by atoms with van der Waals surface area (Å²) < 4.78 is 80.9. The van der Waals surface area contributed by atoms with E-state index in [9.17, 15) is 26.7 Å². The van der Waals surface area contributed by atoms with Gasteiger partial charge in [0.05, 0.1) is 12.8 Å². The van der Waals surface area contributed by atoms with Gasteiger partial charge in [0.15, 0.2) is 28.3 Å². The highest BCUT2D eigenvalue weighted by atomic mass is 19.4. The maximum Gasteiger partial charge on any atom is 0.417 e. The van der Waals surface area contributed by atoms with Gasteiger partial charge in [-0.1, -0.05) is 13.0 Å². The molecule has 1 aliphatic rings. The first kappa shape index (κ1) is 22.1. The number of hydrogen-bond donors (Lipinski definition) is 1. The number of aromatic nitrogens is 3. The Kier molecular flexibility index (Phi) is 5.19. The van der Waals surface area contributed by atoms with Crippen LogP contribution in [0.15, 0.2) is 35.4 Å². The van der Waals surface area contributed by atoms with E-state index in [4.69, 9.17) is 9.47 Å². The Morgan fingerprint density at radius 2 is 1.88 bits per heavy atom. The number of aromatic amines is 1. The predicted octanol–water partition coefficient (Wildman–Crippen LogP) is 4.42. The van der Waals surface area contributed by atoms with Crippen LogP contribution in [0.1, 0.15) is 37.1 Å². The molecular weight excluding hydrogens is 437 g/mol. The summed E-state index contributed by atoms with van der Waals surface area (Å²) in [4.78, 5) is 23.3. The first-order valence-corrected chi connectivity index (χ1v) is 9.60. The number of H-pyrrole nitrogens is 1. The Labute approximate surface area is 178 Å². The highest BCUT2D eigenvalue weighted by Crippen LogP contribution is 2.59. The Morgan fingerprint density at radius 1 is 1.19 bits per heavy atom. The van der Waals surface area contributed by atoms with Crippen molar-refractivity contribution in [3.63, 3.8) is 0 Å². The first-order valence-electron chi connectivity index (χ1n) is 9.60. The zero-order valence-electron chi connectivity index (χ0n) is 17.1. The lowest BCUT2D eigenvalue weighted by Crippen LogP contribution is -2.46. The van der Waals surface area contributed by atoms with Crippen molar-refractivity contribution in [2.75, 3.05) is 7.11 Å². The van der Waals surface area contributed by atoms with Crippen LogP contribution in [0.25, 0.3) is 11.2 Å². The molecule has 1 aliphatic heterocycles. The number of benzene rings is 1. The molecule has 6 nitrogen and oxygen atoms in total. The molecule has 32 heavy (non-hydrogen) atoms. The van der Waals surface area contributed by atoms with Crippen molar-refractivity contribution < 1.29 is 31.4 Å². The highest BCUT2D eigenvalue weighted by Gasteiger charge is 2.65. The van der Waals surface area contributed by atoms with Crippen LogP contribution >= 0.6 is 0 Å². The van der Waals surface area contributed by atoms with Crippen molar-refractivity contribution in [2.24, 2.45) is 5.92 Å². The monoisotopic (exact) mass is 455 g/mol. The van der Waals surface area contributed by atoms with Gasteiger partial charge in [-0.15, -0.1) is 0 Å². The van der Waals surface area contributed by atoms with E-state index in [0.29, 0.717) is 0 Å². The smallest absolute Gasteiger partial charge is 0.417 e. The Morgan fingerprint density at radius 3 is 2.53 bits per heavy atom. The Balaban J connectivity index is 1.96. The summed E-state index contributed by atoms with van der Waals surface area (Å²) in [5, 5.41) is 0. The SMILES string of the molecule is COc1c([C@H]2[C@H](c3cc(=O)c4nccnc4[nH]3)O[C@@](C)(C(F)(F)F)[C@H]2C)ccc(F)c1F. The van der Waals surface area contributed by atoms with Crippen molar-refractivity contribution in [1.29, 1.82) is 0 Å². The summed E-state index contributed by atoms with van der Waals surface area (Å²) in [5.41, 5.74) is -3.18. The van der Waals surface area contributed by atoms with E-state index in [1.807, 2.05) is 0 Å². The summed E-state index contributed by atoms with van der Waals surface area (Å²) in [5.74, 6) is -5.45. The standard InChI is InChI=1S/C21H18F5N3O3/c1-9-14(10-4-5-11(22)15(23)17(10)31-3)18(32-20(9,2)21(24,25)26)12-8-13(30)16-19(29-12)28-7-6-27-16/h4-9,14,18H,1-3H3,(H,28,29,30)/t9-,14-,18-,20+/m0/s1. The van der Waals surface area contributed by atoms with Crippen LogP contribution in [0.2, 0.25) is 0 Å². The van der Waals surface area contributed by atoms with Crippen LogP contribution in [0.4, 0.5) is 22.0 Å². The lowest BCUT2D eigenvalue weighted by atomic mass is 9.76. The summed E-state index contributed by atoms with van der Waals surface area (Å²) >= 11 is 0. The van der Waals surface area contributed by atoms with Crippen molar-refractivity contribution >= 4 is 11.2 Å². The Hall–Kier alpha value is -3.08. The third-order valence-electron chi connectivity index (χ3n) is 6.10. The second-order valence-electron chi connectivity index (χ2n) is 7.78. The number of hydrogen-bond acceptors (Lipinski definition) is 5. The number of pyridine rings is 1. The zero-order valence-corrected chi connectivity index (χ0v) is 17.1. The zero-order chi connectivity index (χ0) is 23.4. The fourth-order valence-corrected chi connectivity index (χ4v) is 4.23. The second kappa shape index (κ2) is 7.51. The van der Waals surface area contributed by atoms with E-state index in [1.54, 1.807) is 0 Å². The van der Waals surface area contributed by atoms with E-state index in [0.717, 1.165) is 32.2 Å². The van der Waals surface area contributed by atoms with Gasteiger partial charge >= 0.3 is 6.18 Å². The van der Waals surface area contributed by atoms with Gasteiger partial charge in [0.1, 0.15) is 6.10 Å². The maximum absolute atomic E-state index is 14.4. The van der Waals surface area contributed by atoms with Gasteiger partial charge in [-0.05, 0) is 13.0 Å². The average molecular weight is 455 g/mol. The van der Waals surface area contributed by atoms with Gasteiger partial charge in [-0.25, -0.2) is 14.4 Å². The topological polar surface area (TPSA) is 77.1 Å². The molecule has 1 N–H and O–H groups in total. The van der Waals surface area contributed by atoms with Crippen LogP contribution in [-0.2, 0) is 4.74 Å². The molecule has 2 aromatic heterocycles. The normalized spacial score (nSPS) is 25.9. The average Bonchev–Trinajstić information content (AvgIpc) is 3.02. The second-order valence-corrected chi connectivity index (χ2v) is 7.78. The minimum Gasteiger partial charge on any atom is -0.493 e. The molecule has 1 fully saturated rings. The summed E-state index contributed by atoms with van der Waals surface area (Å²) in [7, 11) is 1.09. The number of alkyl halides is 3. The van der Waals surface area contributed by atoms with Gasteiger partial charge in [0.2, 0.25) is 11.2 Å². The van der Waals surface area contributed by atoms with Crippen molar-refractivity contribution in [2.45, 2.75) is 37.6 Å². The fourth-order valence-electron chi connectivity index (χ4n) is 4.23. The fraction of sp³-hybridized carbons (Fsp3) is 0.381. The van der Waals surface area contributed by atoms with Crippen LogP contribution in [0, 0.1) is 17.6 Å². The lowest BCUT2D eigenvalue weighted by molar-refractivity contribution is -0.275.